The van der Waals surface area contributed by atoms with E-state index in [9.17, 15) is 5.21 Å². The van der Waals surface area contributed by atoms with E-state index in [1.165, 1.54) is 5.06 Å². The number of rotatable bonds is 1. The summed E-state index contributed by atoms with van der Waals surface area (Å²) in [6.07, 6.45) is 0. The molecule has 2 heterocycles. The standard InChI is InChI=1S/C11H16N2OS/c1-8-10(2,3)13(14)11(4,12-8)9-6-5-7-15-9/h5-7,14H,1-4H3. The number of aliphatic imine (C=N–C) groups is 1. The van der Waals surface area contributed by atoms with Crippen LogP contribution in [0.15, 0.2) is 22.5 Å². The van der Waals surface area contributed by atoms with Crippen molar-refractivity contribution in [1.82, 2.24) is 5.06 Å². The van der Waals surface area contributed by atoms with E-state index < -0.39 is 11.2 Å². The number of hydrogen-bond acceptors (Lipinski definition) is 4. The molecule has 1 atom stereocenters. The van der Waals surface area contributed by atoms with Crippen LogP contribution in [-0.4, -0.2) is 21.5 Å². The zero-order valence-corrected chi connectivity index (χ0v) is 10.3. The highest BCUT2D eigenvalue weighted by Gasteiger charge is 2.49. The Hall–Kier alpha value is -0.710. The van der Waals surface area contributed by atoms with E-state index >= 15 is 0 Å². The average molecular weight is 224 g/mol. The minimum atomic E-state index is -0.623. The van der Waals surface area contributed by atoms with E-state index in [0.29, 0.717) is 0 Å². The van der Waals surface area contributed by atoms with Crippen molar-refractivity contribution in [2.45, 2.75) is 38.9 Å². The monoisotopic (exact) mass is 224 g/mol. The van der Waals surface area contributed by atoms with Crippen molar-refractivity contribution < 1.29 is 5.21 Å². The second-order valence-electron chi connectivity index (χ2n) is 4.57. The summed E-state index contributed by atoms with van der Waals surface area (Å²) < 4.78 is 0. The SMILES string of the molecule is CC1=NC(C)(c2cccs2)N(O)C1(C)C. The van der Waals surface area contributed by atoms with Gasteiger partial charge < -0.3 is 5.21 Å². The van der Waals surface area contributed by atoms with Gasteiger partial charge in [0.05, 0.1) is 5.54 Å². The van der Waals surface area contributed by atoms with Crippen molar-refractivity contribution >= 4 is 17.0 Å². The zero-order chi connectivity index (χ0) is 11.3. The van der Waals surface area contributed by atoms with Crippen molar-refractivity contribution in [3.63, 3.8) is 0 Å². The lowest BCUT2D eigenvalue weighted by molar-refractivity contribution is -0.197. The van der Waals surface area contributed by atoms with Gasteiger partial charge in [-0.1, -0.05) is 6.07 Å². The average Bonchev–Trinajstić information content (AvgIpc) is 2.73. The normalized spacial score (nSPS) is 30.6. The van der Waals surface area contributed by atoms with Crippen molar-refractivity contribution in [2.24, 2.45) is 4.99 Å². The molecule has 0 saturated carbocycles. The molecule has 4 heteroatoms. The molecule has 0 aromatic carbocycles. The molecule has 1 aliphatic heterocycles. The van der Waals surface area contributed by atoms with Gasteiger partial charge in [-0.25, -0.2) is 0 Å². The third-order valence-corrected chi connectivity index (χ3v) is 4.27. The van der Waals surface area contributed by atoms with Crippen molar-refractivity contribution in [3.8, 4) is 0 Å². The van der Waals surface area contributed by atoms with Crippen LogP contribution in [0, 0.1) is 0 Å². The van der Waals surface area contributed by atoms with Gasteiger partial charge in [-0.15, -0.1) is 16.4 Å². The van der Waals surface area contributed by atoms with Crippen molar-refractivity contribution in [2.75, 3.05) is 0 Å². The first kappa shape index (κ1) is 10.8. The summed E-state index contributed by atoms with van der Waals surface area (Å²) in [6.45, 7) is 7.86. The fraction of sp³-hybridized carbons (Fsp3) is 0.545. The van der Waals surface area contributed by atoms with Crippen molar-refractivity contribution in [3.05, 3.63) is 22.4 Å². The lowest BCUT2D eigenvalue weighted by Gasteiger charge is -2.35. The van der Waals surface area contributed by atoms with E-state index in [0.717, 1.165) is 10.6 Å². The van der Waals surface area contributed by atoms with Crippen LogP contribution < -0.4 is 0 Å². The van der Waals surface area contributed by atoms with E-state index in [1.54, 1.807) is 11.3 Å². The summed E-state index contributed by atoms with van der Waals surface area (Å²) in [5, 5.41) is 13.6. The minimum absolute atomic E-state index is 0.390. The van der Waals surface area contributed by atoms with Crippen LogP contribution in [0.1, 0.15) is 32.6 Å². The van der Waals surface area contributed by atoms with Gasteiger partial charge in [-0.05, 0) is 39.1 Å². The smallest absolute Gasteiger partial charge is 0.167 e. The zero-order valence-electron chi connectivity index (χ0n) is 9.48. The van der Waals surface area contributed by atoms with Gasteiger partial charge in [0.15, 0.2) is 5.66 Å². The lowest BCUT2D eigenvalue weighted by Crippen LogP contribution is -2.49. The predicted molar refractivity (Wildman–Crippen MR) is 62.5 cm³/mol. The summed E-state index contributed by atoms with van der Waals surface area (Å²) in [5.41, 5.74) is -0.0542. The molecule has 0 fully saturated rings. The molecule has 0 bridgehead atoms. The first-order valence-electron chi connectivity index (χ1n) is 4.99. The van der Waals surface area contributed by atoms with E-state index in [4.69, 9.17) is 0 Å². The maximum atomic E-state index is 10.2. The maximum absolute atomic E-state index is 10.2. The third kappa shape index (κ3) is 1.36. The Morgan fingerprint density at radius 3 is 2.47 bits per heavy atom. The van der Waals surface area contributed by atoms with Gasteiger partial charge in [0, 0.05) is 10.6 Å². The Labute approximate surface area is 94.0 Å². The van der Waals surface area contributed by atoms with Gasteiger partial charge in [-0.3, -0.25) is 4.99 Å². The molecular formula is C11H16N2OS. The summed E-state index contributed by atoms with van der Waals surface area (Å²) >= 11 is 1.62. The molecule has 0 spiro atoms. The van der Waals surface area contributed by atoms with Crippen LogP contribution >= 0.6 is 11.3 Å². The lowest BCUT2D eigenvalue weighted by atomic mass is 9.99. The molecule has 1 aromatic rings. The van der Waals surface area contributed by atoms with Gasteiger partial charge in [0.1, 0.15) is 0 Å². The van der Waals surface area contributed by atoms with Crippen LogP contribution in [0.2, 0.25) is 0 Å². The topological polar surface area (TPSA) is 35.8 Å². The van der Waals surface area contributed by atoms with Crippen molar-refractivity contribution in [1.29, 1.82) is 0 Å². The minimum Gasteiger partial charge on any atom is -0.310 e. The maximum Gasteiger partial charge on any atom is 0.167 e. The molecule has 3 nitrogen and oxygen atoms in total. The molecule has 1 unspecified atom stereocenters. The van der Waals surface area contributed by atoms with Crippen LogP contribution in [0.5, 0.6) is 0 Å². The van der Waals surface area contributed by atoms with E-state index in [2.05, 4.69) is 4.99 Å². The summed E-state index contributed by atoms with van der Waals surface area (Å²) in [5.74, 6) is 0. The Kier molecular flexibility index (Phi) is 2.26. The molecule has 15 heavy (non-hydrogen) atoms. The molecule has 1 aliphatic rings. The second-order valence-corrected chi connectivity index (χ2v) is 5.51. The molecule has 0 amide bonds. The Morgan fingerprint density at radius 2 is 2.07 bits per heavy atom. The van der Waals surface area contributed by atoms with Crippen LogP contribution in [0.3, 0.4) is 0 Å². The molecule has 0 aliphatic carbocycles. The number of hydroxylamine groups is 2. The molecule has 0 radical (unpaired) electrons. The van der Waals surface area contributed by atoms with Gasteiger partial charge >= 0.3 is 0 Å². The van der Waals surface area contributed by atoms with Gasteiger partial charge in [0.2, 0.25) is 0 Å². The quantitative estimate of drug-likeness (QED) is 0.796. The fourth-order valence-corrected chi connectivity index (χ4v) is 2.73. The van der Waals surface area contributed by atoms with E-state index in [-0.39, 0.29) is 0 Å². The number of thiophene rings is 1. The van der Waals surface area contributed by atoms with Gasteiger partial charge in [0.25, 0.3) is 0 Å². The highest BCUT2D eigenvalue weighted by Crippen LogP contribution is 2.42. The van der Waals surface area contributed by atoms with Crippen LogP contribution in [-0.2, 0) is 5.66 Å². The summed E-state index contributed by atoms with van der Waals surface area (Å²) in [7, 11) is 0. The second kappa shape index (κ2) is 3.14. The molecule has 1 N–H and O–H groups in total. The largest absolute Gasteiger partial charge is 0.310 e. The Morgan fingerprint density at radius 1 is 1.40 bits per heavy atom. The van der Waals surface area contributed by atoms with Gasteiger partial charge in [-0.2, -0.15) is 0 Å². The Balaban J connectivity index is 2.49. The molecule has 1 aromatic heterocycles. The highest BCUT2D eigenvalue weighted by molar-refractivity contribution is 7.10. The molecular weight excluding hydrogens is 208 g/mol. The van der Waals surface area contributed by atoms with E-state index in [1.807, 2.05) is 45.2 Å². The fourth-order valence-electron chi connectivity index (χ4n) is 1.92. The Bertz CT molecular complexity index is 397. The third-order valence-electron chi connectivity index (χ3n) is 3.20. The first-order valence-corrected chi connectivity index (χ1v) is 5.87. The number of nitrogens with zero attached hydrogens (tertiary/aromatic N) is 2. The molecule has 0 saturated heterocycles. The van der Waals surface area contributed by atoms with Crippen LogP contribution in [0.4, 0.5) is 0 Å². The summed E-state index contributed by atoms with van der Waals surface area (Å²) in [4.78, 5) is 5.66. The molecule has 82 valence electrons. The predicted octanol–water partition coefficient (Wildman–Crippen LogP) is 2.87. The summed E-state index contributed by atoms with van der Waals surface area (Å²) in [6, 6.07) is 3.99. The van der Waals surface area contributed by atoms with Crippen LogP contribution in [0.25, 0.3) is 0 Å². The highest BCUT2D eigenvalue weighted by atomic mass is 32.1. The first-order chi connectivity index (χ1) is 6.89. The molecule has 2 rings (SSSR count). The number of hydrogen-bond donors (Lipinski definition) is 1.